The Hall–Kier alpha value is 0.140. The van der Waals surface area contributed by atoms with E-state index in [1.165, 1.54) is 22.9 Å². The molecule has 1 aromatic carbocycles. The minimum atomic E-state index is 0.534. The fourth-order valence-corrected chi connectivity index (χ4v) is 2.63. The molecule has 13 heavy (non-hydrogen) atoms. The molecule has 0 spiro atoms. The predicted molar refractivity (Wildman–Crippen MR) is 61.8 cm³/mol. The summed E-state index contributed by atoms with van der Waals surface area (Å²) in [5.41, 5.74) is 1.37. The van der Waals surface area contributed by atoms with Crippen molar-refractivity contribution in [3.05, 3.63) is 32.7 Å². The molecule has 1 aliphatic heterocycles. The Labute approximate surface area is 95.2 Å². The van der Waals surface area contributed by atoms with Crippen molar-refractivity contribution >= 4 is 31.9 Å². The Kier molecular flexibility index (Phi) is 3.06. The maximum Gasteiger partial charge on any atom is 0.0332 e. The highest BCUT2D eigenvalue weighted by Crippen LogP contribution is 2.31. The number of rotatable bonds is 1. The molecule has 1 atom stereocenters. The summed E-state index contributed by atoms with van der Waals surface area (Å²) >= 11 is 7.07. The van der Waals surface area contributed by atoms with Crippen LogP contribution in [0.1, 0.15) is 24.4 Å². The Morgan fingerprint density at radius 1 is 1.31 bits per heavy atom. The third-order valence-electron chi connectivity index (χ3n) is 2.39. The van der Waals surface area contributed by atoms with Gasteiger partial charge in [-0.25, -0.2) is 0 Å². The average molecular weight is 305 g/mol. The molecular formula is C10H11Br2N. The molecule has 0 radical (unpaired) electrons. The van der Waals surface area contributed by atoms with E-state index in [1.54, 1.807) is 0 Å². The topological polar surface area (TPSA) is 12.0 Å². The Bertz CT molecular complexity index is 306. The first-order valence-electron chi connectivity index (χ1n) is 4.46. The number of benzene rings is 1. The van der Waals surface area contributed by atoms with Crippen molar-refractivity contribution in [2.75, 3.05) is 6.54 Å². The number of hydrogen-bond donors (Lipinski definition) is 1. The first-order valence-corrected chi connectivity index (χ1v) is 6.04. The second-order valence-corrected chi connectivity index (χ2v) is 5.08. The van der Waals surface area contributed by atoms with E-state index in [-0.39, 0.29) is 0 Å². The lowest BCUT2D eigenvalue weighted by atomic mass is 10.1. The van der Waals surface area contributed by atoms with Gasteiger partial charge in [-0.1, -0.05) is 31.9 Å². The zero-order chi connectivity index (χ0) is 9.26. The Morgan fingerprint density at radius 2 is 2.15 bits per heavy atom. The maximum absolute atomic E-state index is 3.58. The number of halogens is 2. The molecule has 70 valence electrons. The first-order chi connectivity index (χ1) is 6.27. The highest BCUT2D eigenvalue weighted by atomic mass is 79.9. The normalized spacial score (nSPS) is 22.2. The SMILES string of the molecule is Brc1ccc(Br)c([C@H]2CCCN2)c1. The molecule has 1 heterocycles. The van der Waals surface area contributed by atoms with E-state index < -0.39 is 0 Å². The maximum atomic E-state index is 3.58. The van der Waals surface area contributed by atoms with Crippen LogP contribution >= 0.6 is 31.9 Å². The fraction of sp³-hybridized carbons (Fsp3) is 0.400. The van der Waals surface area contributed by atoms with Crippen molar-refractivity contribution in [2.45, 2.75) is 18.9 Å². The summed E-state index contributed by atoms with van der Waals surface area (Å²) in [5, 5.41) is 3.49. The van der Waals surface area contributed by atoms with E-state index in [9.17, 15) is 0 Å². The number of nitrogens with one attached hydrogen (secondary N) is 1. The third-order valence-corrected chi connectivity index (χ3v) is 3.61. The summed E-state index contributed by atoms with van der Waals surface area (Å²) in [5.74, 6) is 0. The molecular weight excluding hydrogens is 294 g/mol. The van der Waals surface area contributed by atoms with Crippen LogP contribution in [0.4, 0.5) is 0 Å². The van der Waals surface area contributed by atoms with Gasteiger partial charge in [-0.15, -0.1) is 0 Å². The zero-order valence-electron chi connectivity index (χ0n) is 7.19. The molecule has 0 amide bonds. The molecule has 0 unspecified atom stereocenters. The van der Waals surface area contributed by atoms with Gasteiger partial charge >= 0.3 is 0 Å². The fourth-order valence-electron chi connectivity index (χ4n) is 1.73. The quantitative estimate of drug-likeness (QED) is 0.835. The van der Waals surface area contributed by atoms with Crippen LogP contribution in [0.5, 0.6) is 0 Å². The summed E-state index contributed by atoms with van der Waals surface area (Å²) in [6, 6.07) is 6.88. The van der Waals surface area contributed by atoms with Gasteiger partial charge in [0.2, 0.25) is 0 Å². The van der Waals surface area contributed by atoms with Gasteiger partial charge < -0.3 is 5.32 Å². The van der Waals surface area contributed by atoms with E-state index in [2.05, 4.69) is 55.4 Å². The van der Waals surface area contributed by atoms with Gasteiger partial charge in [-0.2, -0.15) is 0 Å². The van der Waals surface area contributed by atoms with E-state index >= 15 is 0 Å². The lowest BCUT2D eigenvalue weighted by Gasteiger charge is -2.12. The van der Waals surface area contributed by atoms with Crippen LogP contribution in [-0.2, 0) is 0 Å². The van der Waals surface area contributed by atoms with Crippen molar-refractivity contribution in [1.82, 2.24) is 5.32 Å². The van der Waals surface area contributed by atoms with Crippen LogP contribution < -0.4 is 5.32 Å². The van der Waals surface area contributed by atoms with E-state index in [4.69, 9.17) is 0 Å². The molecule has 1 saturated heterocycles. The van der Waals surface area contributed by atoms with Crippen LogP contribution in [0.15, 0.2) is 27.1 Å². The van der Waals surface area contributed by atoms with Crippen molar-refractivity contribution < 1.29 is 0 Å². The van der Waals surface area contributed by atoms with Crippen LogP contribution in [0.3, 0.4) is 0 Å². The molecule has 3 heteroatoms. The smallest absolute Gasteiger partial charge is 0.0332 e. The standard InChI is InChI=1S/C10H11Br2N/c11-7-3-4-9(12)8(6-7)10-2-1-5-13-10/h3-4,6,10,13H,1-2,5H2/t10-/m1/s1. The molecule has 0 aromatic heterocycles. The van der Waals surface area contributed by atoms with Crippen molar-refractivity contribution in [2.24, 2.45) is 0 Å². The van der Waals surface area contributed by atoms with Crippen LogP contribution in [-0.4, -0.2) is 6.54 Å². The minimum absolute atomic E-state index is 0.534. The molecule has 2 rings (SSSR count). The minimum Gasteiger partial charge on any atom is -0.310 e. The Morgan fingerprint density at radius 3 is 2.85 bits per heavy atom. The Balaban J connectivity index is 2.32. The van der Waals surface area contributed by atoms with Crippen LogP contribution in [0.25, 0.3) is 0 Å². The molecule has 0 aliphatic carbocycles. The van der Waals surface area contributed by atoms with Gasteiger partial charge in [-0.3, -0.25) is 0 Å². The summed E-state index contributed by atoms with van der Waals surface area (Å²) in [7, 11) is 0. The lowest BCUT2D eigenvalue weighted by molar-refractivity contribution is 0.644. The monoisotopic (exact) mass is 303 g/mol. The van der Waals surface area contributed by atoms with Crippen molar-refractivity contribution in [1.29, 1.82) is 0 Å². The number of hydrogen-bond acceptors (Lipinski definition) is 1. The zero-order valence-corrected chi connectivity index (χ0v) is 10.4. The van der Waals surface area contributed by atoms with Gasteiger partial charge in [0.1, 0.15) is 0 Å². The molecule has 1 fully saturated rings. The third kappa shape index (κ3) is 2.14. The van der Waals surface area contributed by atoms with Gasteiger partial charge in [-0.05, 0) is 43.1 Å². The summed E-state index contributed by atoms with van der Waals surface area (Å²) in [4.78, 5) is 0. The second kappa shape index (κ2) is 4.11. The second-order valence-electron chi connectivity index (χ2n) is 3.31. The van der Waals surface area contributed by atoms with E-state index in [0.29, 0.717) is 6.04 Å². The molecule has 1 N–H and O–H groups in total. The molecule has 1 aromatic rings. The first kappa shape index (κ1) is 9.69. The van der Waals surface area contributed by atoms with Crippen LogP contribution in [0.2, 0.25) is 0 Å². The van der Waals surface area contributed by atoms with Crippen molar-refractivity contribution in [3.63, 3.8) is 0 Å². The molecule has 1 nitrogen and oxygen atoms in total. The highest BCUT2D eigenvalue weighted by Gasteiger charge is 2.18. The van der Waals surface area contributed by atoms with E-state index in [0.717, 1.165) is 11.0 Å². The van der Waals surface area contributed by atoms with Crippen molar-refractivity contribution in [3.8, 4) is 0 Å². The predicted octanol–water partition coefficient (Wildman–Crippen LogP) is 3.64. The van der Waals surface area contributed by atoms with Gasteiger partial charge in [0, 0.05) is 15.0 Å². The molecule has 1 aliphatic rings. The van der Waals surface area contributed by atoms with Gasteiger partial charge in [0.05, 0.1) is 0 Å². The van der Waals surface area contributed by atoms with Crippen LogP contribution in [0, 0.1) is 0 Å². The average Bonchev–Trinajstić information content (AvgIpc) is 2.61. The summed E-state index contributed by atoms with van der Waals surface area (Å²) < 4.78 is 2.36. The molecule has 0 saturated carbocycles. The lowest BCUT2D eigenvalue weighted by Crippen LogP contribution is -2.13. The summed E-state index contributed by atoms with van der Waals surface area (Å²) in [6.07, 6.45) is 2.53. The summed E-state index contributed by atoms with van der Waals surface area (Å²) in [6.45, 7) is 1.14. The van der Waals surface area contributed by atoms with Gasteiger partial charge in [0.25, 0.3) is 0 Å². The molecule has 0 bridgehead atoms. The largest absolute Gasteiger partial charge is 0.310 e. The van der Waals surface area contributed by atoms with Gasteiger partial charge in [0.15, 0.2) is 0 Å². The highest BCUT2D eigenvalue weighted by molar-refractivity contribution is 9.11. The van der Waals surface area contributed by atoms with E-state index in [1.807, 2.05) is 0 Å².